The molecule has 0 saturated carbocycles. The van der Waals surface area contributed by atoms with Crippen molar-refractivity contribution in [3.05, 3.63) is 77.4 Å². The topological polar surface area (TPSA) is 17.1 Å². The fraction of sp³-hybridized carbons (Fsp3) is 0.250. The predicted octanol–water partition coefficient (Wildman–Crippen LogP) is 5.75. The first-order valence-corrected chi connectivity index (χ1v) is 8.70. The molecule has 2 aromatic rings. The molecule has 0 aromatic heterocycles. The molecule has 1 nitrogen and oxygen atoms in total. The lowest BCUT2D eigenvalue weighted by atomic mass is 10.1. The summed E-state index contributed by atoms with van der Waals surface area (Å²) in [6.07, 6.45) is 4.11. The third kappa shape index (κ3) is 4.88. The fourth-order valence-electron chi connectivity index (χ4n) is 2.06. The molecule has 2 heteroatoms. The minimum atomic E-state index is 0.0721. The summed E-state index contributed by atoms with van der Waals surface area (Å²) < 4.78 is 0. The summed E-state index contributed by atoms with van der Waals surface area (Å²) in [6.45, 7) is 4.21. The third-order valence-corrected chi connectivity index (χ3v) is 4.57. The summed E-state index contributed by atoms with van der Waals surface area (Å²) >= 11 is 1.77. The van der Waals surface area contributed by atoms with E-state index in [9.17, 15) is 4.79 Å². The molecular formula is C20H22OS. The number of aryl methyl sites for hydroxylation is 1. The maximum absolute atomic E-state index is 12.5. The second kappa shape index (κ2) is 8.60. The summed E-state index contributed by atoms with van der Waals surface area (Å²) in [5.74, 6) is 1.11. The highest BCUT2D eigenvalue weighted by Crippen LogP contribution is 2.28. The standard InChI is InChI=1S/C20H22OS/c1-3-4-14-22-20(18-8-6-5-7-9-18)15-19(21)17-12-10-16(2)11-13-17/h5-13,15H,3-4,14H2,1-2H3. The van der Waals surface area contributed by atoms with Gasteiger partial charge in [-0.2, -0.15) is 0 Å². The van der Waals surface area contributed by atoms with Crippen LogP contribution in [0.1, 0.15) is 41.3 Å². The van der Waals surface area contributed by atoms with E-state index in [0.717, 1.165) is 28.2 Å². The van der Waals surface area contributed by atoms with Crippen LogP contribution >= 0.6 is 11.8 Å². The summed E-state index contributed by atoms with van der Waals surface area (Å²) in [7, 11) is 0. The quantitative estimate of drug-likeness (QED) is 0.368. The largest absolute Gasteiger partial charge is 0.289 e. The molecule has 0 N–H and O–H groups in total. The molecule has 0 aliphatic rings. The molecule has 22 heavy (non-hydrogen) atoms. The van der Waals surface area contributed by atoms with Crippen molar-refractivity contribution in [1.29, 1.82) is 0 Å². The van der Waals surface area contributed by atoms with Gasteiger partial charge < -0.3 is 0 Å². The molecule has 0 amide bonds. The van der Waals surface area contributed by atoms with Gasteiger partial charge in [-0.15, -0.1) is 11.8 Å². The van der Waals surface area contributed by atoms with Gasteiger partial charge in [-0.05, 0) is 24.7 Å². The first-order chi connectivity index (χ1) is 10.7. The summed E-state index contributed by atoms with van der Waals surface area (Å²) in [6, 6.07) is 17.9. The van der Waals surface area contributed by atoms with Gasteiger partial charge in [-0.25, -0.2) is 0 Å². The minimum Gasteiger partial charge on any atom is -0.289 e. The van der Waals surface area contributed by atoms with E-state index < -0.39 is 0 Å². The van der Waals surface area contributed by atoms with Crippen molar-refractivity contribution in [3.8, 4) is 0 Å². The molecule has 0 atom stereocenters. The Morgan fingerprint density at radius 3 is 2.32 bits per heavy atom. The Morgan fingerprint density at radius 1 is 1.00 bits per heavy atom. The van der Waals surface area contributed by atoms with E-state index in [1.807, 2.05) is 49.4 Å². The van der Waals surface area contributed by atoms with Crippen molar-refractivity contribution < 1.29 is 4.79 Å². The molecular weight excluding hydrogens is 288 g/mol. The monoisotopic (exact) mass is 310 g/mol. The number of ketones is 1. The van der Waals surface area contributed by atoms with Gasteiger partial charge in [0.25, 0.3) is 0 Å². The number of hydrogen-bond donors (Lipinski definition) is 0. The molecule has 0 aliphatic heterocycles. The van der Waals surface area contributed by atoms with E-state index >= 15 is 0 Å². The van der Waals surface area contributed by atoms with Crippen molar-refractivity contribution in [1.82, 2.24) is 0 Å². The van der Waals surface area contributed by atoms with E-state index in [1.54, 1.807) is 17.8 Å². The molecule has 0 spiro atoms. The van der Waals surface area contributed by atoms with Crippen molar-refractivity contribution >= 4 is 22.5 Å². The molecule has 0 bridgehead atoms. The Labute approximate surface area is 137 Å². The van der Waals surface area contributed by atoms with Gasteiger partial charge in [0.15, 0.2) is 5.78 Å². The number of unbranched alkanes of at least 4 members (excludes halogenated alkanes) is 1. The number of carbonyl (C=O) groups excluding carboxylic acids is 1. The number of thioether (sulfide) groups is 1. The number of carbonyl (C=O) groups is 1. The Morgan fingerprint density at radius 2 is 1.68 bits per heavy atom. The SMILES string of the molecule is CCCCSC(=CC(=O)c1ccc(C)cc1)c1ccccc1. The van der Waals surface area contributed by atoms with Gasteiger partial charge in [0, 0.05) is 16.5 Å². The molecule has 0 radical (unpaired) electrons. The summed E-state index contributed by atoms with van der Waals surface area (Å²) in [5.41, 5.74) is 3.03. The number of allylic oxidation sites excluding steroid dienone is 1. The fourth-order valence-corrected chi connectivity index (χ4v) is 3.20. The minimum absolute atomic E-state index is 0.0721. The lowest BCUT2D eigenvalue weighted by Crippen LogP contribution is -1.96. The van der Waals surface area contributed by atoms with E-state index in [2.05, 4.69) is 19.1 Å². The summed E-state index contributed by atoms with van der Waals surface area (Å²) in [4.78, 5) is 13.5. The highest BCUT2D eigenvalue weighted by Gasteiger charge is 2.07. The zero-order chi connectivity index (χ0) is 15.8. The van der Waals surface area contributed by atoms with E-state index in [0.29, 0.717) is 0 Å². The molecule has 2 aromatic carbocycles. The van der Waals surface area contributed by atoms with Crippen LogP contribution in [0, 0.1) is 6.92 Å². The van der Waals surface area contributed by atoms with Crippen LogP contribution in [0.15, 0.2) is 60.7 Å². The zero-order valence-electron chi connectivity index (χ0n) is 13.2. The third-order valence-electron chi connectivity index (χ3n) is 3.41. The maximum Gasteiger partial charge on any atom is 0.186 e. The lowest BCUT2D eigenvalue weighted by Gasteiger charge is -2.07. The highest BCUT2D eigenvalue weighted by atomic mass is 32.2. The number of benzene rings is 2. The molecule has 0 fully saturated rings. The van der Waals surface area contributed by atoms with Crippen LogP contribution < -0.4 is 0 Å². The molecule has 0 heterocycles. The number of hydrogen-bond acceptors (Lipinski definition) is 2. The highest BCUT2D eigenvalue weighted by molar-refractivity contribution is 8.08. The van der Waals surface area contributed by atoms with Crippen LogP contribution in [0.2, 0.25) is 0 Å². The molecule has 0 saturated heterocycles. The average molecular weight is 310 g/mol. The van der Waals surface area contributed by atoms with Gasteiger partial charge in [0.05, 0.1) is 0 Å². The maximum atomic E-state index is 12.5. The van der Waals surface area contributed by atoms with Crippen molar-refractivity contribution in [2.45, 2.75) is 26.7 Å². The van der Waals surface area contributed by atoms with E-state index in [4.69, 9.17) is 0 Å². The molecule has 0 unspecified atom stereocenters. The lowest BCUT2D eigenvalue weighted by molar-refractivity contribution is 0.104. The van der Waals surface area contributed by atoms with Crippen LogP contribution in [-0.4, -0.2) is 11.5 Å². The Bertz CT molecular complexity index is 627. The van der Waals surface area contributed by atoms with Crippen molar-refractivity contribution in [2.75, 3.05) is 5.75 Å². The first-order valence-electron chi connectivity index (χ1n) is 7.71. The second-order valence-corrected chi connectivity index (χ2v) is 6.44. The van der Waals surface area contributed by atoms with Crippen LogP contribution in [0.4, 0.5) is 0 Å². The molecule has 114 valence electrons. The Hall–Kier alpha value is -1.80. The van der Waals surface area contributed by atoms with Gasteiger partial charge in [0.1, 0.15) is 0 Å². The smallest absolute Gasteiger partial charge is 0.186 e. The Kier molecular flexibility index (Phi) is 6.47. The van der Waals surface area contributed by atoms with Crippen LogP contribution in [0.3, 0.4) is 0 Å². The Balaban J connectivity index is 2.23. The van der Waals surface area contributed by atoms with Gasteiger partial charge in [0.2, 0.25) is 0 Å². The van der Waals surface area contributed by atoms with Crippen LogP contribution in [-0.2, 0) is 0 Å². The summed E-state index contributed by atoms with van der Waals surface area (Å²) in [5, 5.41) is 0. The van der Waals surface area contributed by atoms with Crippen molar-refractivity contribution in [3.63, 3.8) is 0 Å². The normalized spacial score (nSPS) is 11.5. The van der Waals surface area contributed by atoms with E-state index in [1.165, 1.54) is 12.0 Å². The van der Waals surface area contributed by atoms with E-state index in [-0.39, 0.29) is 5.78 Å². The van der Waals surface area contributed by atoms with Gasteiger partial charge in [-0.1, -0.05) is 73.5 Å². The van der Waals surface area contributed by atoms with Gasteiger partial charge in [-0.3, -0.25) is 4.79 Å². The second-order valence-electron chi connectivity index (χ2n) is 5.31. The zero-order valence-corrected chi connectivity index (χ0v) is 14.0. The first kappa shape index (κ1) is 16.6. The molecule has 2 rings (SSSR count). The van der Waals surface area contributed by atoms with Crippen LogP contribution in [0.5, 0.6) is 0 Å². The van der Waals surface area contributed by atoms with Gasteiger partial charge >= 0.3 is 0 Å². The average Bonchev–Trinajstić information content (AvgIpc) is 2.55. The number of rotatable bonds is 7. The molecule has 0 aliphatic carbocycles. The predicted molar refractivity (Wildman–Crippen MR) is 97.3 cm³/mol. The van der Waals surface area contributed by atoms with Crippen LogP contribution in [0.25, 0.3) is 4.91 Å². The van der Waals surface area contributed by atoms with Crippen molar-refractivity contribution in [2.24, 2.45) is 0 Å².